The number of carbonyl (C=O) groups excluding carboxylic acids is 1. The maximum absolute atomic E-state index is 12.0. The quantitative estimate of drug-likeness (QED) is 0.453. The molecule has 0 saturated heterocycles. The molecule has 0 aromatic heterocycles. The Morgan fingerprint density at radius 2 is 1.88 bits per heavy atom. The van der Waals surface area contributed by atoms with Crippen molar-refractivity contribution in [3.05, 3.63) is 68.7 Å². The van der Waals surface area contributed by atoms with Crippen LogP contribution >= 0.6 is 11.6 Å². The highest BCUT2D eigenvalue weighted by atomic mass is 35.5. The second-order valence-corrected chi connectivity index (χ2v) is 5.79. The van der Waals surface area contributed by atoms with Crippen LogP contribution < -0.4 is 10.3 Å². The molecule has 0 fully saturated rings. The number of nitrogens with zero attached hydrogens (tertiary/aromatic N) is 3. The monoisotopic (exact) mass is 374 g/mol. The average molecular weight is 375 g/mol. The molecule has 2 aromatic carbocycles. The molecule has 8 heteroatoms. The van der Waals surface area contributed by atoms with Crippen LogP contribution in [-0.2, 0) is 0 Å². The lowest BCUT2D eigenvalue weighted by Gasteiger charge is -2.20. The van der Waals surface area contributed by atoms with E-state index < -0.39 is 10.8 Å². The normalized spacial score (nSPS) is 10.7. The van der Waals surface area contributed by atoms with Crippen LogP contribution in [0, 0.1) is 10.1 Å². The second kappa shape index (κ2) is 8.96. The predicted octanol–water partition coefficient (Wildman–Crippen LogP) is 3.86. The first-order valence-electron chi connectivity index (χ1n) is 8.08. The Bertz CT molecular complexity index is 818. The SMILES string of the molecule is CCN(CC)c1ccc(/C=N\NC(=O)c2ccc(Cl)c([N+](=O)[O-])c2)cc1. The minimum Gasteiger partial charge on any atom is -0.372 e. The van der Waals surface area contributed by atoms with Crippen LogP contribution in [0.1, 0.15) is 29.8 Å². The van der Waals surface area contributed by atoms with Crippen LogP contribution in [0.15, 0.2) is 47.6 Å². The van der Waals surface area contributed by atoms with E-state index in [1.165, 1.54) is 18.3 Å². The van der Waals surface area contributed by atoms with Crippen molar-refractivity contribution >= 4 is 35.1 Å². The Morgan fingerprint density at radius 1 is 1.23 bits per heavy atom. The molecule has 0 aliphatic heterocycles. The standard InChI is InChI=1S/C18H19ClN4O3/c1-3-22(4-2)15-8-5-13(6-9-15)12-20-21-18(24)14-7-10-16(19)17(11-14)23(25)26/h5-12H,3-4H2,1-2H3,(H,21,24)/b20-12-. The highest BCUT2D eigenvalue weighted by molar-refractivity contribution is 6.32. The molecule has 26 heavy (non-hydrogen) atoms. The smallest absolute Gasteiger partial charge is 0.288 e. The van der Waals surface area contributed by atoms with Crippen molar-refractivity contribution in [1.82, 2.24) is 5.43 Å². The molecule has 2 rings (SSSR count). The summed E-state index contributed by atoms with van der Waals surface area (Å²) in [6.45, 7) is 6.03. The zero-order valence-electron chi connectivity index (χ0n) is 14.5. The minimum absolute atomic E-state index is 0.0247. The van der Waals surface area contributed by atoms with Gasteiger partial charge in [-0.3, -0.25) is 14.9 Å². The van der Waals surface area contributed by atoms with Gasteiger partial charge in [-0.1, -0.05) is 23.7 Å². The second-order valence-electron chi connectivity index (χ2n) is 5.39. The number of rotatable bonds is 7. The highest BCUT2D eigenvalue weighted by Crippen LogP contribution is 2.25. The van der Waals surface area contributed by atoms with Crippen molar-refractivity contribution in [3.8, 4) is 0 Å². The van der Waals surface area contributed by atoms with E-state index in [1.807, 2.05) is 24.3 Å². The number of nitro groups is 1. The molecule has 0 heterocycles. The van der Waals surface area contributed by atoms with Gasteiger partial charge in [-0.2, -0.15) is 5.10 Å². The van der Waals surface area contributed by atoms with E-state index in [9.17, 15) is 14.9 Å². The number of benzene rings is 2. The van der Waals surface area contributed by atoms with Crippen molar-refractivity contribution in [2.45, 2.75) is 13.8 Å². The van der Waals surface area contributed by atoms with Crippen molar-refractivity contribution in [2.75, 3.05) is 18.0 Å². The molecule has 0 aliphatic carbocycles. The maximum atomic E-state index is 12.0. The predicted molar refractivity (Wildman–Crippen MR) is 103 cm³/mol. The summed E-state index contributed by atoms with van der Waals surface area (Å²) in [7, 11) is 0. The van der Waals surface area contributed by atoms with Gasteiger partial charge in [-0.15, -0.1) is 0 Å². The fourth-order valence-electron chi connectivity index (χ4n) is 2.38. The highest BCUT2D eigenvalue weighted by Gasteiger charge is 2.15. The number of carbonyl (C=O) groups is 1. The molecule has 0 spiro atoms. The Morgan fingerprint density at radius 3 is 2.46 bits per heavy atom. The molecule has 0 unspecified atom stereocenters. The zero-order chi connectivity index (χ0) is 19.1. The van der Waals surface area contributed by atoms with Gasteiger partial charge in [0.05, 0.1) is 11.1 Å². The van der Waals surface area contributed by atoms with E-state index in [0.29, 0.717) is 0 Å². The van der Waals surface area contributed by atoms with E-state index in [2.05, 4.69) is 29.3 Å². The zero-order valence-corrected chi connectivity index (χ0v) is 15.2. The molecular formula is C18H19ClN4O3. The van der Waals surface area contributed by atoms with Crippen LogP contribution in [0.3, 0.4) is 0 Å². The first-order valence-corrected chi connectivity index (χ1v) is 8.46. The summed E-state index contributed by atoms with van der Waals surface area (Å²) in [5.41, 5.74) is 4.07. The van der Waals surface area contributed by atoms with Gasteiger partial charge in [0, 0.05) is 30.4 Å². The largest absolute Gasteiger partial charge is 0.372 e. The number of hydrazone groups is 1. The summed E-state index contributed by atoms with van der Waals surface area (Å²) in [6, 6.07) is 11.6. The number of hydrogen-bond acceptors (Lipinski definition) is 5. The van der Waals surface area contributed by atoms with Crippen LogP contribution in [0.5, 0.6) is 0 Å². The summed E-state index contributed by atoms with van der Waals surface area (Å²) in [6.07, 6.45) is 1.51. The van der Waals surface area contributed by atoms with Gasteiger partial charge in [0.15, 0.2) is 0 Å². The third-order valence-corrected chi connectivity index (χ3v) is 4.13. The van der Waals surface area contributed by atoms with E-state index in [-0.39, 0.29) is 16.3 Å². The number of halogens is 1. The molecule has 0 aliphatic rings. The van der Waals surface area contributed by atoms with Gasteiger partial charge in [0.2, 0.25) is 0 Å². The van der Waals surface area contributed by atoms with Crippen LogP contribution in [-0.4, -0.2) is 30.1 Å². The van der Waals surface area contributed by atoms with Crippen molar-refractivity contribution in [1.29, 1.82) is 0 Å². The van der Waals surface area contributed by atoms with Crippen molar-refractivity contribution in [3.63, 3.8) is 0 Å². The van der Waals surface area contributed by atoms with Crippen LogP contribution in [0.4, 0.5) is 11.4 Å². The van der Waals surface area contributed by atoms with Crippen molar-refractivity contribution < 1.29 is 9.72 Å². The van der Waals surface area contributed by atoms with E-state index in [1.54, 1.807) is 0 Å². The maximum Gasteiger partial charge on any atom is 0.288 e. The third-order valence-electron chi connectivity index (χ3n) is 3.81. The first kappa shape index (κ1) is 19.4. The number of anilines is 1. The molecule has 0 bridgehead atoms. The minimum atomic E-state index is -0.639. The fourth-order valence-corrected chi connectivity index (χ4v) is 2.57. The van der Waals surface area contributed by atoms with Gasteiger partial charge in [0.1, 0.15) is 5.02 Å². The van der Waals surface area contributed by atoms with Gasteiger partial charge < -0.3 is 4.90 Å². The summed E-state index contributed by atoms with van der Waals surface area (Å²) in [4.78, 5) is 24.5. The molecule has 1 amide bonds. The lowest BCUT2D eigenvalue weighted by atomic mass is 10.2. The number of nitrogens with one attached hydrogen (secondary N) is 1. The molecule has 0 atom stereocenters. The molecule has 7 nitrogen and oxygen atoms in total. The Balaban J connectivity index is 2.03. The lowest BCUT2D eigenvalue weighted by molar-refractivity contribution is -0.384. The molecule has 0 saturated carbocycles. The molecule has 2 aromatic rings. The third kappa shape index (κ3) is 4.80. The Labute approximate surface area is 156 Å². The topological polar surface area (TPSA) is 87.8 Å². The summed E-state index contributed by atoms with van der Waals surface area (Å²) in [5, 5.41) is 14.7. The summed E-state index contributed by atoms with van der Waals surface area (Å²) in [5.74, 6) is -0.555. The van der Waals surface area contributed by atoms with Gasteiger partial charge in [-0.05, 0) is 43.7 Å². The average Bonchev–Trinajstić information content (AvgIpc) is 2.64. The lowest BCUT2D eigenvalue weighted by Crippen LogP contribution is -2.21. The van der Waals surface area contributed by atoms with Crippen LogP contribution in [0.2, 0.25) is 5.02 Å². The molecule has 0 radical (unpaired) electrons. The van der Waals surface area contributed by atoms with Gasteiger partial charge >= 0.3 is 0 Å². The van der Waals surface area contributed by atoms with E-state index >= 15 is 0 Å². The first-order chi connectivity index (χ1) is 12.5. The number of hydrogen-bond donors (Lipinski definition) is 1. The molecule has 1 N–H and O–H groups in total. The van der Waals surface area contributed by atoms with E-state index in [4.69, 9.17) is 11.6 Å². The Kier molecular flexibility index (Phi) is 6.68. The number of amides is 1. The molecule has 136 valence electrons. The molecular weight excluding hydrogens is 356 g/mol. The number of nitro benzene ring substituents is 1. The summed E-state index contributed by atoms with van der Waals surface area (Å²) >= 11 is 5.73. The fraction of sp³-hybridized carbons (Fsp3) is 0.222. The Hall–Kier alpha value is -2.93. The van der Waals surface area contributed by atoms with Gasteiger partial charge in [0.25, 0.3) is 11.6 Å². The van der Waals surface area contributed by atoms with E-state index in [0.717, 1.165) is 30.4 Å². The van der Waals surface area contributed by atoms with Crippen molar-refractivity contribution in [2.24, 2.45) is 5.10 Å². The van der Waals surface area contributed by atoms with Gasteiger partial charge in [-0.25, -0.2) is 5.43 Å². The van der Waals surface area contributed by atoms with Crippen LogP contribution in [0.25, 0.3) is 0 Å². The summed E-state index contributed by atoms with van der Waals surface area (Å²) < 4.78 is 0.